The molecule has 0 amide bonds. The Bertz CT molecular complexity index is 680. The summed E-state index contributed by atoms with van der Waals surface area (Å²) >= 11 is 0. The van der Waals surface area contributed by atoms with Gasteiger partial charge in [-0.3, -0.25) is 4.90 Å². The van der Waals surface area contributed by atoms with Gasteiger partial charge in [0.2, 0.25) is 0 Å². The molecule has 0 radical (unpaired) electrons. The lowest BCUT2D eigenvalue weighted by atomic mass is 9.97. The van der Waals surface area contributed by atoms with E-state index < -0.39 is 0 Å². The van der Waals surface area contributed by atoms with Crippen molar-refractivity contribution < 1.29 is 14.2 Å². The molecule has 2 aromatic rings. The topological polar surface area (TPSA) is 43.0 Å². The maximum Gasteiger partial charge on any atom is 0.119 e. The number of anilines is 1. The molecule has 2 aliphatic rings. The molecule has 1 N–H and O–H groups in total. The van der Waals surface area contributed by atoms with E-state index in [4.69, 9.17) is 14.2 Å². The highest BCUT2D eigenvalue weighted by atomic mass is 16.5. The summed E-state index contributed by atoms with van der Waals surface area (Å²) in [6.45, 7) is 3.81. The van der Waals surface area contributed by atoms with Crippen LogP contribution in [0.4, 0.5) is 5.69 Å². The second-order valence-electron chi connectivity index (χ2n) is 7.58. The van der Waals surface area contributed by atoms with Crippen molar-refractivity contribution >= 4 is 5.69 Å². The average Bonchev–Trinajstić information content (AvgIpc) is 3.29. The summed E-state index contributed by atoms with van der Waals surface area (Å²) in [6.07, 6.45) is 2.15. The third-order valence-corrected chi connectivity index (χ3v) is 5.63. The maximum absolute atomic E-state index is 6.29. The predicted molar refractivity (Wildman–Crippen MR) is 107 cm³/mol. The second-order valence-corrected chi connectivity index (χ2v) is 7.58. The van der Waals surface area contributed by atoms with Gasteiger partial charge in [0.15, 0.2) is 0 Å². The van der Waals surface area contributed by atoms with Crippen LogP contribution < -0.4 is 14.8 Å². The van der Waals surface area contributed by atoms with Crippen LogP contribution in [-0.4, -0.2) is 50.5 Å². The van der Waals surface area contributed by atoms with Crippen LogP contribution in [0.1, 0.15) is 18.4 Å². The fourth-order valence-electron chi connectivity index (χ4n) is 4.20. The molecule has 2 saturated heterocycles. The van der Waals surface area contributed by atoms with Gasteiger partial charge in [-0.1, -0.05) is 12.1 Å². The first-order chi connectivity index (χ1) is 13.2. The molecule has 2 aliphatic heterocycles. The SMILES string of the molecule is COc1ccc(CN2CC[C@]3(C[C@@H](Nc4ccc(OC)cc4)CO3)C2)cc1. The first-order valence-corrected chi connectivity index (χ1v) is 9.58. The summed E-state index contributed by atoms with van der Waals surface area (Å²) < 4.78 is 16.8. The van der Waals surface area contributed by atoms with E-state index in [0.717, 1.165) is 56.3 Å². The molecule has 0 aromatic heterocycles. The van der Waals surface area contributed by atoms with Crippen LogP contribution in [0.15, 0.2) is 48.5 Å². The van der Waals surface area contributed by atoms with Crippen molar-refractivity contribution in [3.05, 3.63) is 54.1 Å². The molecule has 0 aliphatic carbocycles. The molecule has 2 fully saturated rings. The second kappa shape index (κ2) is 7.79. The number of hydrogen-bond acceptors (Lipinski definition) is 5. The Morgan fingerprint density at radius 2 is 1.70 bits per heavy atom. The van der Waals surface area contributed by atoms with Crippen LogP contribution in [0.5, 0.6) is 11.5 Å². The summed E-state index contributed by atoms with van der Waals surface area (Å²) in [5, 5.41) is 3.61. The fraction of sp³-hybridized carbons (Fsp3) is 0.455. The minimum absolute atomic E-state index is 0.00337. The van der Waals surface area contributed by atoms with E-state index in [2.05, 4.69) is 34.5 Å². The molecule has 27 heavy (non-hydrogen) atoms. The zero-order valence-corrected chi connectivity index (χ0v) is 16.1. The Hall–Kier alpha value is -2.24. The van der Waals surface area contributed by atoms with Crippen LogP contribution in [0.3, 0.4) is 0 Å². The highest BCUT2D eigenvalue weighted by molar-refractivity contribution is 5.47. The van der Waals surface area contributed by atoms with Crippen molar-refractivity contribution in [3.63, 3.8) is 0 Å². The van der Waals surface area contributed by atoms with Crippen molar-refractivity contribution in [1.82, 2.24) is 4.90 Å². The smallest absolute Gasteiger partial charge is 0.119 e. The van der Waals surface area contributed by atoms with Crippen molar-refractivity contribution in [2.75, 3.05) is 39.2 Å². The lowest BCUT2D eigenvalue weighted by Crippen LogP contribution is -2.33. The Balaban J connectivity index is 1.31. The van der Waals surface area contributed by atoms with Crippen molar-refractivity contribution in [1.29, 1.82) is 0 Å². The zero-order chi connectivity index (χ0) is 18.7. The minimum atomic E-state index is -0.00337. The number of benzene rings is 2. The Labute approximate surface area is 161 Å². The van der Waals surface area contributed by atoms with Crippen LogP contribution >= 0.6 is 0 Å². The summed E-state index contributed by atoms with van der Waals surface area (Å²) in [7, 11) is 3.39. The van der Waals surface area contributed by atoms with Crippen LogP contribution in [-0.2, 0) is 11.3 Å². The molecular formula is C22H28N2O3. The molecule has 0 bridgehead atoms. The Morgan fingerprint density at radius 3 is 2.37 bits per heavy atom. The number of ether oxygens (including phenoxy) is 3. The molecule has 5 nitrogen and oxygen atoms in total. The van der Waals surface area contributed by atoms with Crippen LogP contribution in [0.25, 0.3) is 0 Å². The number of nitrogens with one attached hydrogen (secondary N) is 1. The van der Waals surface area contributed by atoms with Gasteiger partial charge in [-0.15, -0.1) is 0 Å². The molecule has 1 spiro atoms. The Morgan fingerprint density at radius 1 is 1.04 bits per heavy atom. The normalized spacial score (nSPS) is 25.0. The van der Waals surface area contributed by atoms with Gasteiger partial charge in [0.05, 0.1) is 32.5 Å². The standard InChI is InChI=1S/C22H28N2O3/c1-25-20-7-3-17(4-8-20)14-24-12-11-22(16-24)13-19(15-27-22)23-18-5-9-21(26-2)10-6-18/h3-10,19,23H,11-16H2,1-2H3/t19-,22+/m1/s1. The summed E-state index contributed by atoms with van der Waals surface area (Å²) in [5.74, 6) is 1.79. The van der Waals surface area contributed by atoms with Crippen LogP contribution in [0, 0.1) is 0 Å². The molecule has 5 heteroatoms. The van der Waals surface area contributed by atoms with E-state index in [1.807, 2.05) is 24.3 Å². The van der Waals surface area contributed by atoms with Gasteiger partial charge in [-0.2, -0.15) is 0 Å². The summed E-state index contributed by atoms with van der Waals surface area (Å²) in [6, 6.07) is 16.8. The number of methoxy groups -OCH3 is 2. The Kier molecular flexibility index (Phi) is 5.23. The van der Waals surface area contributed by atoms with Gasteiger partial charge >= 0.3 is 0 Å². The molecule has 2 atom stereocenters. The molecule has 0 unspecified atom stereocenters. The molecular weight excluding hydrogens is 340 g/mol. The summed E-state index contributed by atoms with van der Waals surface area (Å²) in [5.41, 5.74) is 2.43. The minimum Gasteiger partial charge on any atom is -0.497 e. The largest absolute Gasteiger partial charge is 0.497 e. The maximum atomic E-state index is 6.29. The third kappa shape index (κ3) is 4.20. The van der Waals surface area contributed by atoms with E-state index in [1.54, 1.807) is 14.2 Å². The van der Waals surface area contributed by atoms with Gasteiger partial charge < -0.3 is 19.5 Å². The fourth-order valence-corrected chi connectivity index (χ4v) is 4.20. The van der Waals surface area contributed by atoms with Crippen molar-refractivity contribution in [3.8, 4) is 11.5 Å². The molecule has 0 saturated carbocycles. The molecule has 2 heterocycles. The van der Waals surface area contributed by atoms with Crippen molar-refractivity contribution in [2.45, 2.75) is 31.0 Å². The van der Waals surface area contributed by atoms with E-state index in [0.29, 0.717) is 6.04 Å². The number of rotatable bonds is 6. The van der Waals surface area contributed by atoms with E-state index in [9.17, 15) is 0 Å². The van der Waals surface area contributed by atoms with Crippen molar-refractivity contribution in [2.24, 2.45) is 0 Å². The lowest BCUT2D eigenvalue weighted by Gasteiger charge is -2.23. The van der Waals surface area contributed by atoms with E-state index in [-0.39, 0.29) is 5.60 Å². The quantitative estimate of drug-likeness (QED) is 0.845. The highest BCUT2D eigenvalue weighted by Gasteiger charge is 2.45. The van der Waals surface area contributed by atoms with E-state index in [1.165, 1.54) is 5.56 Å². The van der Waals surface area contributed by atoms with Gasteiger partial charge in [0.25, 0.3) is 0 Å². The number of hydrogen-bond donors (Lipinski definition) is 1. The lowest BCUT2D eigenvalue weighted by molar-refractivity contribution is 0.0120. The van der Waals surface area contributed by atoms with E-state index >= 15 is 0 Å². The average molecular weight is 368 g/mol. The molecule has 144 valence electrons. The summed E-state index contributed by atoms with van der Waals surface area (Å²) in [4.78, 5) is 2.50. The van der Waals surface area contributed by atoms with Gasteiger partial charge in [-0.25, -0.2) is 0 Å². The van der Waals surface area contributed by atoms with Gasteiger partial charge in [0.1, 0.15) is 11.5 Å². The first-order valence-electron chi connectivity index (χ1n) is 9.58. The van der Waals surface area contributed by atoms with Gasteiger partial charge in [0, 0.05) is 31.7 Å². The molecule has 2 aromatic carbocycles. The molecule has 4 rings (SSSR count). The number of nitrogens with zero attached hydrogens (tertiary/aromatic N) is 1. The first kappa shape index (κ1) is 18.1. The number of likely N-dealkylation sites (tertiary alicyclic amines) is 1. The monoisotopic (exact) mass is 368 g/mol. The predicted octanol–water partition coefficient (Wildman–Crippen LogP) is 3.55. The van der Waals surface area contributed by atoms with Crippen LogP contribution in [0.2, 0.25) is 0 Å². The highest BCUT2D eigenvalue weighted by Crippen LogP contribution is 2.36. The zero-order valence-electron chi connectivity index (χ0n) is 16.1. The third-order valence-electron chi connectivity index (χ3n) is 5.63. The van der Waals surface area contributed by atoms with Gasteiger partial charge in [-0.05, 0) is 48.4 Å².